The first-order valence-electron chi connectivity index (χ1n) is 10.9. The summed E-state index contributed by atoms with van der Waals surface area (Å²) in [5, 5.41) is 0. The van der Waals surface area contributed by atoms with Gasteiger partial charge in [0.1, 0.15) is 0 Å². The molecule has 6 nitrogen and oxygen atoms in total. The van der Waals surface area contributed by atoms with Crippen molar-refractivity contribution in [2.45, 2.75) is 44.6 Å². The zero-order chi connectivity index (χ0) is 22.3. The van der Waals surface area contributed by atoms with Gasteiger partial charge in [-0.05, 0) is 73.9 Å². The van der Waals surface area contributed by atoms with Crippen LogP contribution in [0.15, 0.2) is 60.9 Å². The van der Waals surface area contributed by atoms with E-state index in [9.17, 15) is 8.76 Å². The molecule has 1 atom stereocenters. The minimum absolute atomic E-state index is 0.270. The Labute approximate surface area is 191 Å². The molecular formula is C25H28N2O4S. The van der Waals surface area contributed by atoms with Gasteiger partial charge in [-0.2, -0.15) is 0 Å². The summed E-state index contributed by atoms with van der Waals surface area (Å²) in [6.45, 7) is 0. The van der Waals surface area contributed by atoms with Gasteiger partial charge in [-0.3, -0.25) is 14.3 Å². The van der Waals surface area contributed by atoms with Gasteiger partial charge in [-0.25, -0.2) is 4.21 Å². The minimum Gasteiger partial charge on any atom is -0.493 e. The van der Waals surface area contributed by atoms with Crippen molar-refractivity contribution in [1.82, 2.24) is 4.98 Å². The van der Waals surface area contributed by atoms with E-state index in [1.165, 1.54) is 18.4 Å². The Kier molecular flexibility index (Phi) is 7.39. The lowest BCUT2D eigenvalue weighted by atomic mass is 9.96. The molecule has 0 amide bonds. The van der Waals surface area contributed by atoms with E-state index >= 15 is 0 Å². The second-order valence-electron chi connectivity index (χ2n) is 7.94. The molecule has 1 aliphatic rings. The second-order valence-corrected chi connectivity index (χ2v) is 8.64. The van der Waals surface area contributed by atoms with E-state index in [0.29, 0.717) is 5.69 Å². The molecule has 168 valence electrons. The molecule has 2 N–H and O–H groups in total. The first-order chi connectivity index (χ1) is 15.6. The van der Waals surface area contributed by atoms with Crippen molar-refractivity contribution in [2.24, 2.45) is 0 Å². The topological polar surface area (TPSA) is 80.7 Å². The average Bonchev–Trinajstić information content (AvgIpc) is 3.31. The Morgan fingerprint density at radius 3 is 2.66 bits per heavy atom. The molecule has 1 heterocycles. The number of para-hydroxylation sites is 1. The van der Waals surface area contributed by atoms with Crippen molar-refractivity contribution in [1.29, 1.82) is 0 Å². The predicted octanol–water partition coefficient (Wildman–Crippen LogP) is 5.41. The lowest BCUT2D eigenvalue weighted by Crippen LogP contribution is -2.11. The summed E-state index contributed by atoms with van der Waals surface area (Å²) >= 11 is -2.15. The van der Waals surface area contributed by atoms with Crippen molar-refractivity contribution in [3.05, 3.63) is 72.1 Å². The number of aromatic nitrogens is 1. The first-order valence-corrected chi connectivity index (χ1v) is 12.0. The molecule has 4 rings (SSSR count). The number of nitrogens with zero attached hydrogens (tertiary/aromatic N) is 1. The lowest BCUT2D eigenvalue weighted by molar-refractivity contribution is 0.200. The van der Waals surface area contributed by atoms with Gasteiger partial charge >= 0.3 is 0 Å². The molecule has 7 heteroatoms. The van der Waals surface area contributed by atoms with Gasteiger partial charge in [0.25, 0.3) is 11.3 Å². The summed E-state index contributed by atoms with van der Waals surface area (Å²) in [4.78, 5) is 4.29. The van der Waals surface area contributed by atoms with Gasteiger partial charge < -0.3 is 9.47 Å². The van der Waals surface area contributed by atoms with Crippen LogP contribution in [0.1, 0.15) is 36.8 Å². The van der Waals surface area contributed by atoms with Crippen LogP contribution in [0.3, 0.4) is 0 Å². The fraction of sp³-hybridized carbons (Fsp3) is 0.320. The van der Waals surface area contributed by atoms with Crippen LogP contribution in [0.5, 0.6) is 11.5 Å². The molecule has 0 aliphatic heterocycles. The zero-order valence-electron chi connectivity index (χ0n) is 18.1. The molecule has 0 radical (unpaired) electrons. The molecule has 2 aromatic carbocycles. The highest BCUT2D eigenvalue weighted by atomic mass is 32.2. The molecule has 1 saturated carbocycles. The Balaban J connectivity index is 1.55. The molecule has 1 fully saturated rings. The lowest BCUT2D eigenvalue weighted by Gasteiger charge is -2.17. The van der Waals surface area contributed by atoms with Crippen LogP contribution in [0.2, 0.25) is 0 Å². The number of anilines is 1. The number of benzene rings is 2. The number of rotatable bonds is 9. The van der Waals surface area contributed by atoms with E-state index in [2.05, 4.69) is 21.8 Å². The largest absolute Gasteiger partial charge is 0.493 e. The van der Waals surface area contributed by atoms with Gasteiger partial charge in [0.05, 0.1) is 18.9 Å². The maximum atomic E-state index is 11.3. The Morgan fingerprint density at radius 2 is 1.88 bits per heavy atom. The van der Waals surface area contributed by atoms with Crippen LogP contribution in [-0.4, -0.2) is 27.0 Å². The number of hydrogen-bond acceptors (Lipinski definition) is 4. The zero-order valence-corrected chi connectivity index (χ0v) is 18.9. The number of pyridine rings is 1. The molecule has 1 unspecified atom stereocenters. The van der Waals surface area contributed by atoms with E-state index in [1.54, 1.807) is 25.6 Å². The van der Waals surface area contributed by atoms with Crippen molar-refractivity contribution in [2.75, 3.05) is 11.8 Å². The third-order valence-corrected chi connectivity index (χ3v) is 6.23. The van der Waals surface area contributed by atoms with E-state index in [0.717, 1.165) is 53.9 Å². The van der Waals surface area contributed by atoms with Crippen molar-refractivity contribution in [3.63, 3.8) is 0 Å². The summed E-state index contributed by atoms with van der Waals surface area (Å²) in [7, 11) is 1.67. The van der Waals surface area contributed by atoms with Crippen molar-refractivity contribution < 1.29 is 18.2 Å². The molecule has 0 spiro atoms. The van der Waals surface area contributed by atoms with Gasteiger partial charge in [0.2, 0.25) is 0 Å². The highest BCUT2D eigenvalue weighted by molar-refractivity contribution is 7.80. The Hall–Kier alpha value is -2.90. The first kappa shape index (κ1) is 22.3. The van der Waals surface area contributed by atoms with Gasteiger partial charge in [-0.1, -0.05) is 24.3 Å². The third-order valence-electron chi connectivity index (χ3n) is 5.83. The van der Waals surface area contributed by atoms with Crippen LogP contribution in [0.4, 0.5) is 5.69 Å². The Bertz CT molecular complexity index is 1080. The summed E-state index contributed by atoms with van der Waals surface area (Å²) < 4.78 is 35.0. The average molecular weight is 453 g/mol. The molecule has 0 saturated heterocycles. The van der Waals surface area contributed by atoms with E-state index in [1.807, 2.05) is 30.3 Å². The molecule has 1 aromatic heterocycles. The maximum absolute atomic E-state index is 11.3. The minimum atomic E-state index is -2.15. The molecular weight excluding hydrogens is 424 g/mol. The van der Waals surface area contributed by atoms with Gasteiger partial charge in [0, 0.05) is 23.5 Å². The number of methoxy groups -OCH3 is 1. The normalized spacial score (nSPS) is 14.8. The number of aryl methyl sites for hydroxylation is 2. The smallest absolute Gasteiger partial charge is 0.259 e. The molecule has 1 aliphatic carbocycles. The summed E-state index contributed by atoms with van der Waals surface area (Å²) in [5.74, 6) is 1.58. The van der Waals surface area contributed by atoms with Crippen LogP contribution in [0.25, 0.3) is 11.1 Å². The maximum Gasteiger partial charge on any atom is 0.259 e. The standard InChI is InChI=1S/C25H28N2O4S/c1-30-24-13-11-18(16-25(24)31-20-6-2-3-7-20)10-12-19-14-15-26-17-22(19)21-8-4-5-9-23(21)27-32(28)29/h4-5,8-9,11,13-17,20,27H,2-3,6-7,10,12H2,1H3,(H,28,29). The monoisotopic (exact) mass is 452 g/mol. The Morgan fingerprint density at radius 1 is 1.06 bits per heavy atom. The SMILES string of the molecule is COc1ccc(CCc2ccncc2-c2ccccc2NS(=O)O)cc1OC1CCCC1. The number of ether oxygens (including phenoxy) is 2. The quantitative estimate of drug-likeness (QED) is 0.424. The second kappa shape index (κ2) is 10.6. The van der Waals surface area contributed by atoms with Gasteiger partial charge in [-0.15, -0.1) is 0 Å². The summed E-state index contributed by atoms with van der Waals surface area (Å²) in [6, 6.07) is 15.6. The number of nitrogens with one attached hydrogen (secondary N) is 1. The molecule has 32 heavy (non-hydrogen) atoms. The van der Waals surface area contributed by atoms with Crippen LogP contribution >= 0.6 is 0 Å². The van der Waals surface area contributed by atoms with Gasteiger partial charge in [0.15, 0.2) is 11.5 Å². The summed E-state index contributed by atoms with van der Waals surface area (Å²) in [6.07, 6.45) is 10.1. The number of hydrogen-bond donors (Lipinski definition) is 2. The van der Waals surface area contributed by atoms with E-state index in [-0.39, 0.29) is 6.10 Å². The fourth-order valence-corrected chi connectivity index (χ4v) is 4.58. The van der Waals surface area contributed by atoms with Crippen LogP contribution < -0.4 is 14.2 Å². The van der Waals surface area contributed by atoms with Crippen LogP contribution in [-0.2, 0) is 24.1 Å². The molecule has 0 bridgehead atoms. The van der Waals surface area contributed by atoms with Crippen molar-refractivity contribution >= 4 is 17.0 Å². The predicted molar refractivity (Wildman–Crippen MR) is 127 cm³/mol. The molecule has 3 aromatic rings. The van der Waals surface area contributed by atoms with E-state index < -0.39 is 11.3 Å². The highest BCUT2D eigenvalue weighted by Gasteiger charge is 2.19. The van der Waals surface area contributed by atoms with E-state index in [4.69, 9.17) is 9.47 Å². The summed E-state index contributed by atoms with van der Waals surface area (Å²) in [5.41, 5.74) is 4.67. The third kappa shape index (κ3) is 5.47. The van der Waals surface area contributed by atoms with Crippen molar-refractivity contribution in [3.8, 4) is 22.6 Å². The van der Waals surface area contributed by atoms with Crippen LogP contribution in [0, 0.1) is 0 Å². The highest BCUT2D eigenvalue weighted by Crippen LogP contribution is 2.34. The fourth-order valence-electron chi connectivity index (χ4n) is 4.22.